The van der Waals surface area contributed by atoms with Gasteiger partial charge in [0.2, 0.25) is 0 Å². The molecule has 0 saturated carbocycles. The molecule has 0 aliphatic carbocycles. The average Bonchev–Trinajstić information content (AvgIpc) is 2.99. The molecule has 4 rings (SSSR count). The predicted molar refractivity (Wildman–Crippen MR) is 99.9 cm³/mol. The normalized spacial score (nSPS) is 21.3. The summed E-state index contributed by atoms with van der Waals surface area (Å²) in [5.74, 6) is 0. The van der Waals surface area contributed by atoms with Gasteiger partial charge in [-0.25, -0.2) is 9.18 Å². The van der Waals surface area contributed by atoms with Crippen LogP contribution in [0.1, 0.15) is 17.5 Å². The molecule has 2 aromatic carbocycles. The van der Waals surface area contributed by atoms with E-state index in [1.807, 2.05) is 24.3 Å². The van der Waals surface area contributed by atoms with Crippen LogP contribution in [0.15, 0.2) is 41.2 Å². The third-order valence-electron chi connectivity index (χ3n) is 5.26. The van der Waals surface area contributed by atoms with Crippen molar-refractivity contribution in [2.45, 2.75) is 32.2 Å². The summed E-state index contributed by atoms with van der Waals surface area (Å²) in [5.41, 5.74) is 5.77. The zero-order chi connectivity index (χ0) is 18.3. The van der Waals surface area contributed by atoms with Crippen molar-refractivity contribution in [3.8, 4) is 11.1 Å². The van der Waals surface area contributed by atoms with E-state index in [9.17, 15) is 14.3 Å². The topological polar surface area (TPSA) is 72.1 Å². The van der Waals surface area contributed by atoms with Crippen LogP contribution < -0.4 is 5.69 Å². The van der Waals surface area contributed by atoms with Crippen molar-refractivity contribution in [1.82, 2.24) is 14.9 Å². The van der Waals surface area contributed by atoms with Crippen molar-refractivity contribution in [1.29, 1.82) is 0 Å². The highest BCUT2D eigenvalue weighted by Gasteiger charge is 2.27. The molecule has 1 aliphatic heterocycles. The quantitative estimate of drug-likeness (QED) is 0.676. The Morgan fingerprint density at radius 2 is 2.04 bits per heavy atom. The van der Waals surface area contributed by atoms with E-state index in [0.29, 0.717) is 19.5 Å². The predicted octanol–water partition coefficient (Wildman–Crippen LogP) is 2.74. The van der Waals surface area contributed by atoms with Gasteiger partial charge >= 0.3 is 5.69 Å². The number of piperidine rings is 1. The summed E-state index contributed by atoms with van der Waals surface area (Å²) in [5, 5.41) is 9.57. The van der Waals surface area contributed by atoms with Crippen molar-refractivity contribution < 1.29 is 9.50 Å². The van der Waals surface area contributed by atoms with Gasteiger partial charge < -0.3 is 15.1 Å². The highest BCUT2D eigenvalue weighted by Crippen LogP contribution is 2.28. The van der Waals surface area contributed by atoms with E-state index >= 15 is 0 Å². The lowest BCUT2D eigenvalue weighted by Crippen LogP contribution is -2.44. The number of likely N-dealkylation sites (tertiary alicyclic amines) is 1. The van der Waals surface area contributed by atoms with Crippen molar-refractivity contribution in [3.05, 3.63) is 58.0 Å². The largest absolute Gasteiger partial charge is 0.390 e. The van der Waals surface area contributed by atoms with E-state index in [0.717, 1.165) is 33.3 Å². The maximum Gasteiger partial charge on any atom is 0.323 e. The first-order chi connectivity index (χ1) is 12.5. The molecule has 1 fully saturated rings. The fourth-order valence-electron chi connectivity index (χ4n) is 3.71. The van der Waals surface area contributed by atoms with Crippen LogP contribution in [0.5, 0.6) is 0 Å². The highest BCUT2D eigenvalue weighted by atomic mass is 19.1. The Bertz CT molecular complexity index is 994. The van der Waals surface area contributed by atoms with Crippen LogP contribution in [0.2, 0.25) is 0 Å². The molecule has 2 heterocycles. The molecular weight excluding hydrogens is 333 g/mol. The number of nitrogens with one attached hydrogen (secondary N) is 2. The maximum atomic E-state index is 13.8. The number of nitrogens with zero attached hydrogens (tertiary/aromatic N) is 1. The first-order valence-corrected chi connectivity index (χ1v) is 8.86. The monoisotopic (exact) mass is 355 g/mol. The zero-order valence-corrected chi connectivity index (χ0v) is 14.6. The van der Waals surface area contributed by atoms with Crippen molar-refractivity contribution in [3.63, 3.8) is 0 Å². The molecule has 0 radical (unpaired) electrons. The van der Waals surface area contributed by atoms with Gasteiger partial charge in [0.15, 0.2) is 0 Å². The number of H-pyrrole nitrogens is 2. The Hall–Kier alpha value is -2.44. The number of hydrogen-bond donors (Lipinski definition) is 3. The lowest BCUT2D eigenvalue weighted by Gasteiger charge is -2.32. The Kier molecular flexibility index (Phi) is 4.38. The number of rotatable bonds is 3. The molecule has 26 heavy (non-hydrogen) atoms. The van der Waals surface area contributed by atoms with Gasteiger partial charge in [-0.2, -0.15) is 0 Å². The van der Waals surface area contributed by atoms with Gasteiger partial charge in [-0.15, -0.1) is 0 Å². The van der Waals surface area contributed by atoms with Crippen molar-refractivity contribution >= 4 is 11.0 Å². The van der Waals surface area contributed by atoms with Crippen LogP contribution in [-0.4, -0.2) is 45.3 Å². The van der Waals surface area contributed by atoms with Crippen LogP contribution in [0.4, 0.5) is 4.39 Å². The number of aromatic amines is 2. The minimum Gasteiger partial charge on any atom is -0.390 e. The number of halogens is 1. The van der Waals surface area contributed by atoms with Gasteiger partial charge in [-0.1, -0.05) is 24.3 Å². The molecule has 3 aromatic rings. The average molecular weight is 355 g/mol. The van der Waals surface area contributed by atoms with Gasteiger partial charge in [0.25, 0.3) is 0 Å². The third kappa shape index (κ3) is 3.18. The number of imidazole rings is 1. The molecule has 0 amide bonds. The molecular formula is C20H22FN3O2. The number of aromatic nitrogens is 2. The number of aliphatic hydroxyl groups excluding tert-OH is 1. The molecule has 2 atom stereocenters. The van der Waals surface area contributed by atoms with Crippen molar-refractivity contribution in [2.75, 3.05) is 13.1 Å². The first-order valence-electron chi connectivity index (χ1n) is 8.86. The van der Waals surface area contributed by atoms with Gasteiger partial charge in [-0.05, 0) is 47.7 Å². The van der Waals surface area contributed by atoms with Gasteiger partial charge in [0, 0.05) is 19.6 Å². The SMILES string of the molecule is Cc1c(CN2CC[C@H](O)[C@H](F)C2)cccc1-c1ccc2[nH]c(=O)[nH]c2c1. The molecule has 3 N–H and O–H groups in total. The molecule has 1 saturated heterocycles. The van der Waals surface area contributed by atoms with Crippen LogP contribution >= 0.6 is 0 Å². The van der Waals surface area contributed by atoms with E-state index < -0.39 is 12.3 Å². The summed E-state index contributed by atoms with van der Waals surface area (Å²) < 4.78 is 13.8. The second-order valence-corrected chi connectivity index (χ2v) is 7.04. The lowest BCUT2D eigenvalue weighted by atomic mass is 9.95. The molecule has 1 aromatic heterocycles. The van der Waals surface area contributed by atoms with E-state index in [4.69, 9.17) is 0 Å². The van der Waals surface area contributed by atoms with Crippen LogP contribution in [0.3, 0.4) is 0 Å². The first kappa shape index (κ1) is 17.0. The van der Waals surface area contributed by atoms with E-state index in [-0.39, 0.29) is 12.2 Å². The third-order valence-corrected chi connectivity index (χ3v) is 5.26. The molecule has 1 aliphatic rings. The Morgan fingerprint density at radius 1 is 1.23 bits per heavy atom. The maximum absolute atomic E-state index is 13.8. The van der Waals surface area contributed by atoms with E-state index in [1.165, 1.54) is 0 Å². The molecule has 136 valence electrons. The summed E-state index contributed by atoms with van der Waals surface area (Å²) in [7, 11) is 0. The van der Waals surface area contributed by atoms with Gasteiger partial charge in [0.1, 0.15) is 6.17 Å². The minimum absolute atomic E-state index is 0.212. The summed E-state index contributed by atoms with van der Waals surface area (Å²) in [6, 6.07) is 12.0. The number of fused-ring (bicyclic) bond motifs is 1. The summed E-state index contributed by atoms with van der Waals surface area (Å²) in [6.07, 6.45) is -1.55. The molecule has 0 spiro atoms. The molecule has 0 unspecified atom stereocenters. The number of aliphatic hydroxyl groups is 1. The Balaban J connectivity index is 1.63. The standard InChI is InChI=1S/C20H22FN3O2/c1-12-14(10-24-8-7-19(25)16(21)11-24)3-2-4-15(12)13-5-6-17-18(9-13)23-20(26)22-17/h2-6,9,16,19,25H,7-8,10-11H2,1H3,(H2,22,23,26)/t16-,19+/m1/s1. The summed E-state index contributed by atoms with van der Waals surface area (Å²) in [4.78, 5) is 19.1. The molecule has 0 bridgehead atoms. The number of alkyl halides is 1. The number of hydrogen-bond acceptors (Lipinski definition) is 3. The van der Waals surface area contributed by atoms with Crippen LogP contribution in [0, 0.1) is 6.92 Å². The summed E-state index contributed by atoms with van der Waals surface area (Å²) >= 11 is 0. The van der Waals surface area contributed by atoms with Crippen LogP contribution in [0.25, 0.3) is 22.2 Å². The van der Waals surface area contributed by atoms with Gasteiger partial charge in [-0.3, -0.25) is 4.90 Å². The van der Waals surface area contributed by atoms with E-state index in [2.05, 4.69) is 33.9 Å². The number of benzene rings is 2. The highest BCUT2D eigenvalue weighted by molar-refractivity contribution is 5.82. The summed E-state index contributed by atoms with van der Waals surface area (Å²) in [6.45, 7) is 3.69. The minimum atomic E-state index is -1.18. The van der Waals surface area contributed by atoms with E-state index in [1.54, 1.807) is 0 Å². The fourth-order valence-corrected chi connectivity index (χ4v) is 3.71. The van der Waals surface area contributed by atoms with Crippen molar-refractivity contribution in [2.24, 2.45) is 0 Å². The smallest absolute Gasteiger partial charge is 0.323 e. The zero-order valence-electron chi connectivity index (χ0n) is 14.6. The van der Waals surface area contributed by atoms with Gasteiger partial charge in [0.05, 0.1) is 17.1 Å². The second-order valence-electron chi connectivity index (χ2n) is 7.04. The Morgan fingerprint density at radius 3 is 2.85 bits per heavy atom. The second kappa shape index (κ2) is 6.70. The fraction of sp³-hybridized carbons (Fsp3) is 0.350. The molecule has 6 heteroatoms. The molecule has 5 nitrogen and oxygen atoms in total. The Labute approximate surface area is 150 Å². The lowest BCUT2D eigenvalue weighted by molar-refractivity contribution is 0.00388. The van der Waals surface area contributed by atoms with Crippen LogP contribution in [-0.2, 0) is 6.54 Å².